The van der Waals surface area contributed by atoms with E-state index in [1.54, 1.807) is 0 Å². The molecule has 0 saturated heterocycles. The van der Waals surface area contributed by atoms with Crippen LogP contribution in [0, 0.1) is 0 Å². The fourth-order valence-corrected chi connectivity index (χ4v) is 13.9. The molecule has 3 heterocycles. The maximum absolute atomic E-state index is 2.49. The smallest absolute Gasteiger partial charge is 0.0561 e. The van der Waals surface area contributed by atoms with E-state index in [9.17, 15) is 0 Å². The third kappa shape index (κ3) is 7.93. The monoisotopic (exact) mass is 1030 g/mol. The normalized spacial score (nSPS) is 11.8. The predicted octanol–water partition coefficient (Wildman–Crippen LogP) is 22.1. The highest BCUT2D eigenvalue weighted by Gasteiger charge is 2.22. The molecule has 0 atom stereocenters. The van der Waals surface area contributed by atoms with Gasteiger partial charge in [0, 0.05) is 90.9 Å². The Labute approximate surface area is 461 Å². The first-order valence-corrected chi connectivity index (χ1v) is 28.5. The van der Waals surface area contributed by atoms with Gasteiger partial charge in [0.25, 0.3) is 0 Å². The van der Waals surface area contributed by atoms with E-state index >= 15 is 0 Å². The molecule has 3 aromatic heterocycles. The molecule has 0 fully saturated rings. The summed E-state index contributed by atoms with van der Waals surface area (Å²) in [5, 5.41) is 9.92. The maximum atomic E-state index is 2.49. The molecule has 0 N–H and O–H groups in total. The number of hydrogen-bond acceptors (Lipinski definition) is 4. The van der Waals surface area contributed by atoms with Crippen molar-refractivity contribution >= 4 is 130 Å². The molecule has 370 valence electrons. The van der Waals surface area contributed by atoms with E-state index in [1.165, 1.54) is 95.2 Å². The van der Waals surface area contributed by atoms with E-state index in [4.69, 9.17) is 0 Å². The first-order valence-electron chi connectivity index (χ1n) is 26.8. The Morgan fingerprint density at radius 3 is 1.28 bits per heavy atom. The van der Waals surface area contributed by atoms with Gasteiger partial charge < -0.3 is 14.4 Å². The van der Waals surface area contributed by atoms with Crippen LogP contribution in [0.1, 0.15) is 25.3 Å². The van der Waals surface area contributed by atoms with Gasteiger partial charge in [-0.05, 0) is 166 Å². The molecule has 0 aliphatic heterocycles. The van der Waals surface area contributed by atoms with Gasteiger partial charge in [-0.15, -0.1) is 22.7 Å². The van der Waals surface area contributed by atoms with Crippen molar-refractivity contribution in [3.8, 4) is 27.9 Å². The highest BCUT2D eigenvalue weighted by molar-refractivity contribution is 7.26. The molecule has 0 bridgehead atoms. The van der Waals surface area contributed by atoms with Crippen LogP contribution < -0.4 is 9.80 Å². The number of rotatable bonds is 10. The second-order valence-electron chi connectivity index (χ2n) is 20.7. The molecule has 0 saturated carbocycles. The van der Waals surface area contributed by atoms with Gasteiger partial charge in [-0.1, -0.05) is 159 Å². The van der Waals surface area contributed by atoms with Crippen molar-refractivity contribution in [2.24, 2.45) is 0 Å². The zero-order valence-corrected chi connectivity index (χ0v) is 44.8. The van der Waals surface area contributed by atoms with Crippen LogP contribution in [0.4, 0.5) is 34.1 Å². The fourth-order valence-electron chi connectivity index (χ4n) is 11.8. The Bertz CT molecular complexity index is 4740. The van der Waals surface area contributed by atoms with Crippen molar-refractivity contribution in [1.29, 1.82) is 0 Å². The van der Waals surface area contributed by atoms with Crippen LogP contribution in [0.3, 0.4) is 0 Å². The Kier molecular flexibility index (Phi) is 11.1. The van der Waals surface area contributed by atoms with Crippen molar-refractivity contribution in [2.45, 2.75) is 19.8 Å². The Morgan fingerprint density at radius 1 is 0.295 bits per heavy atom. The molecule has 0 spiro atoms. The van der Waals surface area contributed by atoms with Crippen LogP contribution in [0.5, 0.6) is 0 Å². The van der Waals surface area contributed by atoms with Gasteiger partial charge in [0.2, 0.25) is 0 Å². The zero-order chi connectivity index (χ0) is 51.8. The van der Waals surface area contributed by atoms with E-state index in [1.807, 2.05) is 22.7 Å². The molecule has 12 aromatic carbocycles. The summed E-state index contributed by atoms with van der Waals surface area (Å²) >= 11 is 3.71. The molecule has 0 amide bonds. The molecule has 78 heavy (non-hydrogen) atoms. The predicted molar refractivity (Wildman–Crippen MR) is 338 cm³/mol. The number of hydrogen-bond donors (Lipinski definition) is 0. The molecular formula is C73H51N3S2. The van der Waals surface area contributed by atoms with E-state index in [-0.39, 0.29) is 0 Å². The number of nitrogens with zero attached hydrogens (tertiary/aromatic N) is 3. The molecule has 15 rings (SSSR count). The van der Waals surface area contributed by atoms with Crippen LogP contribution >= 0.6 is 22.7 Å². The third-order valence-electron chi connectivity index (χ3n) is 15.7. The highest BCUT2D eigenvalue weighted by Crippen LogP contribution is 2.46. The Hall–Kier alpha value is -9.26. The zero-order valence-electron chi connectivity index (χ0n) is 43.1. The van der Waals surface area contributed by atoms with Crippen LogP contribution in [0.15, 0.2) is 267 Å². The molecule has 5 heteroatoms. The summed E-state index contributed by atoms with van der Waals surface area (Å²) < 4.78 is 7.68. The van der Waals surface area contributed by atoms with Gasteiger partial charge in [-0.3, -0.25) is 0 Å². The Morgan fingerprint density at radius 2 is 0.731 bits per heavy atom. The lowest BCUT2D eigenvalue weighted by Gasteiger charge is -2.26. The highest BCUT2D eigenvalue weighted by atomic mass is 32.1. The van der Waals surface area contributed by atoms with Crippen molar-refractivity contribution < 1.29 is 0 Å². The van der Waals surface area contributed by atoms with Gasteiger partial charge in [-0.2, -0.15) is 0 Å². The van der Waals surface area contributed by atoms with Crippen molar-refractivity contribution in [3.05, 3.63) is 272 Å². The standard InChI is InChI=1S/C73H51N3S2/c1-47(2)48-21-28-57(29-22-48)76-68-43-54-41-58(74(55-30-23-51(24-31-55)49-13-5-3-6-14-49)59-36-39-72-66(44-59)63-17-9-11-19-70(63)77-72)34-27-53(54)42-65(68)62-38-35-61(46-69(62)76)75(56-32-25-52(26-33-56)50-15-7-4-8-16-50)60-37-40-73-67(45-60)64-18-10-12-20-71(64)78-73/h3-47H,1-2H3. The minimum Gasteiger partial charge on any atom is -0.310 e. The summed E-state index contributed by atoms with van der Waals surface area (Å²) in [7, 11) is 0. The summed E-state index contributed by atoms with van der Waals surface area (Å²) in [6.45, 7) is 4.54. The molecule has 0 radical (unpaired) electrons. The van der Waals surface area contributed by atoms with Crippen LogP contribution in [0.25, 0.3) is 101 Å². The van der Waals surface area contributed by atoms with E-state index in [2.05, 4.69) is 295 Å². The topological polar surface area (TPSA) is 11.4 Å². The van der Waals surface area contributed by atoms with Crippen LogP contribution in [-0.2, 0) is 0 Å². The van der Waals surface area contributed by atoms with Gasteiger partial charge >= 0.3 is 0 Å². The van der Waals surface area contributed by atoms with Gasteiger partial charge in [0.1, 0.15) is 0 Å². The quantitative estimate of drug-likeness (QED) is 0.135. The van der Waals surface area contributed by atoms with Crippen molar-refractivity contribution in [2.75, 3.05) is 9.80 Å². The summed E-state index contributed by atoms with van der Waals surface area (Å²) in [6.07, 6.45) is 0. The van der Waals surface area contributed by atoms with E-state index in [0.717, 1.165) is 45.3 Å². The molecule has 15 aromatic rings. The fraction of sp³-hybridized carbons (Fsp3) is 0.0411. The molecule has 3 nitrogen and oxygen atoms in total. The third-order valence-corrected chi connectivity index (χ3v) is 18.0. The minimum absolute atomic E-state index is 0.419. The molecule has 0 unspecified atom stereocenters. The number of anilines is 6. The number of thiophene rings is 2. The van der Waals surface area contributed by atoms with Gasteiger partial charge in [-0.25, -0.2) is 0 Å². The Balaban J connectivity index is 0.920. The van der Waals surface area contributed by atoms with Crippen molar-refractivity contribution in [3.63, 3.8) is 0 Å². The second kappa shape index (κ2) is 18.8. The summed E-state index contributed by atoms with van der Waals surface area (Å²) in [5.41, 5.74) is 16.2. The lowest BCUT2D eigenvalue weighted by atomic mass is 10.0. The number of benzene rings is 12. The molecular weight excluding hydrogens is 983 g/mol. The average Bonchev–Trinajstić information content (AvgIpc) is 4.17. The molecule has 0 aliphatic carbocycles. The molecule has 0 aliphatic rings. The summed E-state index contributed by atoms with van der Waals surface area (Å²) in [4.78, 5) is 4.86. The first-order chi connectivity index (χ1) is 38.5. The second-order valence-corrected chi connectivity index (χ2v) is 22.9. The SMILES string of the molecule is CC(C)c1ccc(-n2c3cc(N(c4ccc(-c5ccccc5)cc4)c4ccc5sc6ccccc6c5c4)ccc3c3cc4ccc(N(c5ccc(-c6ccccc6)cc5)c5ccc6sc7ccccc7c6c5)cc4cc32)cc1. The largest absolute Gasteiger partial charge is 0.310 e. The van der Waals surface area contributed by atoms with E-state index in [0.29, 0.717) is 5.92 Å². The average molecular weight is 1030 g/mol. The lowest BCUT2D eigenvalue weighted by Crippen LogP contribution is -2.10. The summed E-state index contributed by atoms with van der Waals surface area (Å²) in [6, 6.07) is 99.0. The van der Waals surface area contributed by atoms with E-state index < -0.39 is 0 Å². The maximum Gasteiger partial charge on any atom is 0.0561 e. The van der Waals surface area contributed by atoms with Gasteiger partial charge in [0.15, 0.2) is 0 Å². The van der Waals surface area contributed by atoms with Crippen LogP contribution in [-0.4, -0.2) is 4.57 Å². The number of fused-ring (bicyclic) bond motifs is 10. The lowest BCUT2D eigenvalue weighted by molar-refractivity contribution is 0.866. The van der Waals surface area contributed by atoms with Crippen molar-refractivity contribution in [1.82, 2.24) is 4.57 Å². The van der Waals surface area contributed by atoms with Gasteiger partial charge in [0.05, 0.1) is 11.0 Å². The number of aromatic nitrogens is 1. The minimum atomic E-state index is 0.419. The summed E-state index contributed by atoms with van der Waals surface area (Å²) in [5.74, 6) is 0.419. The first kappa shape index (κ1) is 46.1. The van der Waals surface area contributed by atoms with Crippen LogP contribution in [0.2, 0.25) is 0 Å².